The highest BCUT2D eigenvalue weighted by atomic mass is 16.6. The van der Waals surface area contributed by atoms with Crippen molar-refractivity contribution in [1.29, 1.82) is 0 Å². The fraction of sp³-hybridized carbons (Fsp3) is 0.261. The molecule has 4 heterocycles. The highest BCUT2D eigenvalue weighted by Gasteiger charge is 2.23. The number of benzene rings is 2. The normalized spacial score (nSPS) is 15.6. The van der Waals surface area contributed by atoms with Crippen molar-refractivity contribution in [1.82, 2.24) is 14.2 Å². The minimum atomic E-state index is 0.605. The molecule has 2 aromatic carbocycles. The zero-order valence-electron chi connectivity index (χ0n) is 15.6. The number of hydrogen-bond acceptors (Lipinski definition) is 3. The topological polar surface area (TPSA) is 40.7 Å². The lowest BCUT2D eigenvalue weighted by Crippen LogP contribution is -2.15. The van der Waals surface area contributed by atoms with Gasteiger partial charge in [0.05, 0.1) is 0 Å². The summed E-state index contributed by atoms with van der Waals surface area (Å²) in [5.41, 5.74) is 6.18. The summed E-state index contributed by atoms with van der Waals surface area (Å²) >= 11 is 0. The fourth-order valence-electron chi connectivity index (χ4n) is 4.43. The Morgan fingerprint density at radius 1 is 0.857 bits per heavy atom. The predicted octanol–water partition coefficient (Wildman–Crippen LogP) is 4.58. The van der Waals surface area contributed by atoms with E-state index in [1.54, 1.807) is 0 Å². The Kier molecular flexibility index (Phi) is 3.48. The lowest BCUT2D eigenvalue weighted by Gasteiger charge is -2.19. The molecule has 0 atom stereocenters. The van der Waals surface area contributed by atoms with Gasteiger partial charge in [0.2, 0.25) is 0 Å². The molecule has 5 heteroatoms. The van der Waals surface area contributed by atoms with E-state index in [1.165, 1.54) is 40.7 Å². The molecule has 2 aliphatic heterocycles. The van der Waals surface area contributed by atoms with Crippen LogP contribution in [0.2, 0.25) is 0 Å². The van der Waals surface area contributed by atoms with Crippen molar-refractivity contribution in [2.75, 3.05) is 13.2 Å². The van der Waals surface area contributed by atoms with E-state index in [0.717, 1.165) is 30.3 Å². The Hall–Kier alpha value is -3.21. The van der Waals surface area contributed by atoms with E-state index in [4.69, 9.17) is 14.6 Å². The second kappa shape index (κ2) is 6.16. The number of rotatable bonds is 2. The van der Waals surface area contributed by atoms with Crippen LogP contribution in [0.4, 0.5) is 0 Å². The monoisotopic (exact) mass is 371 g/mol. The van der Waals surface area contributed by atoms with Crippen LogP contribution in [0.25, 0.3) is 28.2 Å². The number of nitrogens with zero attached hydrogens (tertiary/aromatic N) is 3. The molecule has 0 aliphatic carbocycles. The maximum atomic E-state index is 5.80. The first-order chi connectivity index (χ1) is 13.9. The van der Waals surface area contributed by atoms with Crippen molar-refractivity contribution in [3.8, 4) is 34.0 Å². The van der Waals surface area contributed by atoms with Crippen LogP contribution >= 0.6 is 0 Å². The molecule has 0 unspecified atom stereocenters. The van der Waals surface area contributed by atoms with Gasteiger partial charge in [-0.1, -0.05) is 36.4 Å². The van der Waals surface area contributed by atoms with Gasteiger partial charge in [-0.25, -0.2) is 4.52 Å². The van der Waals surface area contributed by atoms with E-state index in [-0.39, 0.29) is 0 Å². The number of aryl methyl sites for hydroxylation is 2. The third-order valence-corrected chi connectivity index (χ3v) is 5.72. The van der Waals surface area contributed by atoms with Crippen molar-refractivity contribution < 1.29 is 9.47 Å². The molecule has 0 saturated heterocycles. The first-order valence-corrected chi connectivity index (χ1v) is 9.95. The van der Waals surface area contributed by atoms with Crippen LogP contribution in [0.1, 0.15) is 18.4 Å². The molecule has 6 rings (SSSR count). The summed E-state index contributed by atoms with van der Waals surface area (Å²) in [5, 5.41) is 4.95. The molecule has 2 aromatic heterocycles. The van der Waals surface area contributed by atoms with Crippen molar-refractivity contribution in [2.45, 2.75) is 25.8 Å². The van der Waals surface area contributed by atoms with Gasteiger partial charge in [-0.2, -0.15) is 0 Å². The lowest BCUT2D eigenvalue weighted by atomic mass is 10.0. The molecule has 0 N–H and O–H groups in total. The van der Waals surface area contributed by atoms with E-state index in [1.807, 2.05) is 12.1 Å². The van der Waals surface area contributed by atoms with Gasteiger partial charge >= 0.3 is 0 Å². The maximum Gasteiger partial charge on any atom is 0.162 e. The molecule has 0 fully saturated rings. The van der Waals surface area contributed by atoms with Crippen molar-refractivity contribution >= 4 is 5.65 Å². The summed E-state index contributed by atoms with van der Waals surface area (Å²) < 4.78 is 15.9. The average Bonchev–Trinajstić information content (AvgIpc) is 3.19. The van der Waals surface area contributed by atoms with Gasteiger partial charge in [-0.05, 0) is 37.0 Å². The number of hydrogen-bond donors (Lipinski definition) is 0. The molecular weight excluding hydrogens is 350 g/mol. The van der Waals surface area contributed by atoms with Crippen LogP contribution in [0.3, 0.4) is 0 Å². The minimum absolute atomic E-state index is 0.605. The highest BCUT2D eigenvalue weighted by molar-refractivity contribution is 5.78. The Bertz CT molecular complexity index is 1170. The maximum absolute atomic E-state index is 5.80. The third kappa shape index (κ3) is 2.35. The molecular formula is C23H21N3O2. The molecule has 28 heavy (non-hydrogen) atoms. The van der Waals surface area contributed by atoms with Crippen molar-refractivity contribution in [2.24, 2.45) is 0 Å². The quantitative estimate of drug-likeness (QED) is 0.518. The van der Waals surface area contributed by atoms with E-state index in [9.17, 15) is 0 Å². The predicted molar refractivity (Wildman–Crippen MR) is 108 cm³/mol. The second-order valence-corrected chi connectivity index (χ2v) is 7.45. The van der Waals surface area contributed by atoms with Crippen LogP contribution in [0, 0.1) is 0 Å². The average molecular weight is 371 g/mol. The summed E-state index contributed by atoms with van der Waals surface area (Å²) in [6.07, 6.45) is 5.60. The van der Waals surface area contributed by atoms with Crippen LogP contribution in [-0.2, 0) is 13.0 Å². The molecule has 4 aromatic rings. The van der Waals surface area contributed by atoms with Crippen molar-refractivity contribution in [3.05, 3.63) is 60.3 Å². The van der Waals surface area contributed by atoms with Gasteiger partial charge in [-0.3, -0.25) is 0 Å². The zero-order chi connectivity index (χ0) is 18.5. The Morgan fingerprint density at radius 3 is 2.61 bits per heavy atom. The third-order valence-electron chi connectivity index (χ3n) is 5.72. The first kappa shape index (κ1) is 15.8. The van der Waals surface area contributed by atoms with E-state index in [0.29, 0.717) is 13.2 Å². The minimum Gasteiger partial charge on any atom is -0.486 e. The molecule has 0 radical (unpaired) electrons. The summed E-state index contributed by atoms with van der Waals surface area (Å²) in [7, 11) is 0. The van der Waals surface area contributed by atoms with Crippen LogP contribution < -0.4 is 9.47 Å². The van der Waals surface area contributed by atoms with Gasteiger partial charge in [-0.15, -0.1) is 5.10 Å². The second-order valence-electron chi connectivity index (χ2n) is 7.45. The Balaban J connectivity index is 1.54. The summed E-state index contributed by atoms with van der Waals surface area (Å²) in [6, 6.07) is 16.7. The summed E-state index contributed by atoms with van der Waals surface area (Å²) in [5.74, 6) is 2.72. The molecule has 2 aliphatic rings. The van der Waals surface area contributed by atoms with Crippen LogP contribution in [0.5, 0.6) is 11.5 Å². The summed E-state index contributed by atoms with van der Waals surface area (Å²) in [6.45, 7) is 2.23. The standard InChI is InChI=1S/C23H21N3O2/c1-2-6-16(7-3-1)22-24-26-15-19(18-8-4-5-11-25(22)23(18)26)17-9-10-20-21(14-17)28-13-12-27-20/h1-3,6-7,9-10,14-15H,4-5,8,11-13H2. The molecule has 5 nitrogen and oxygen atoms in total. The number of fused-ring (bicyclic) bond motifs is 1. The number of aromatic nitrogens is 3. The van der Waals surface area contributed by atoms with Gasteiger partial charge in [0.15, 0.2) is 17.3 Å². The molecule has 0 spiro atoms. The van der Waals surface area contributed by atoms with Gasteiger partial charge in [0, 0.05) is 29.4 Å². The Morgan fingerprint density at radius 2 is 1.71 bits per heavy atom. The SMILES string of the molecule is c1ccc(-c2nn3cc(-c4ccc5c(c4)OCCO5)c4c3n2CCCC4)cc1. The zero-order valence-corrected chi connectivity index (χ0v) is 15.6. The summed E-state index contributed by atoms with van der Waals surface area (Å²) in [4.78, 5) is 0. The first-order valence-electron chi connectivity index (χ1n) is 9.95. The van der Waals surface area contributed by atoms with Crippen LogP contribution in [0.15, 0.2) is 54.7 Å². The lowest BCUT2D eigenvalue weighted by molar-refractivity contribution is 0.171. The van der Waals surface area contributed by atoms with Gasteiger partial charge in [0.1, 0.15) is 18.9 Å². The van der Waals surface area contributed by atoms with Gasteiger partial charge in [0.25, 0.3) is 0 Å². The fourth-order valence-corrected chi connectivity index (χ4v) is 4.43. The molecule has 140 valence electrons. The van der Waals surface area contributed by atoms with Crippen LogP contribution in [-0.4, -0.2) is 27.4 Å². The molecule has 0 amide bonds. The van der Waals surface area contributed by atoms with E-state index in [2.05, 4.69) is 51.7 Å². The smallest absolute Gasteiger partial charge is 0.162 e. The highest BCUT2D eigenvalue weighted by Crippen LogP contribution is 2.39. The van der Waals surface area contributed by atoms with E-state index < -0.39 is 0 Å². The molecule has 0 bridgehead atoms. The largest absolute Gasteiger partial charge is 0.486 e. The van der Waals surface area contributed by atoms with E-state index >= 15 is 0 Å². The number of ether oxygens (including phenoxy) is 2. The molecule has 0 saturated carbocycles. The van der Waals surface area contributed by atoms with Crippen molar-refractivity contribution in [3.63, 3.8) is 0 Å². The Labute approximate surface area is 163 Å². The van der Waals surface area contributed by atoms with Gasteiger partial charge < -0.3 is 14.0 Å².